The molecule has 0 aliphatic carbocycles. The molecular formula is C48H74N12O10. The second-order valence-electron chi connectivity index (χ2n) is 17.7. The molecule has 2 aromatic carbocycles. The van der Waals surface area contributed by atoms with E-state index in [1.807, 2.05) is 13.8 Å². The third-order valence-corrected chi connectivity index (χ3v) is 11.2. The summed E-state index contributed by atoms with van der Waals surface area (Å²) in [5, 5.41) is 28.2. The first-order chi connectivity index (χ1) is 33.1. The highest BCUT2D eigenvalue weighted by molar-refractivity contribution is 5.98. The predicted octanol–water partition coefficient (Wildman–Crippen LogP) is -0.880. The third-order valence-electron chi connectivity index (χ3n) is 11.2. The second kappa shape index (κ2) is 31.1. The molecular weight excluding hydrogens is 905 g/mol. The number of nitrogens with two attached hydrogens (primary N) is 4. The largest absolute Gasteiger partial charge is 0.480 e. The van der Waals surface area contributed by atoms with Gasteiger partial charge in [0.1, 0.15) is 42.3 Å². The molecule has 8 atom stereocenters. The fraction of sp³-hybridized carbons (Fsp3) is 0.542. The van der Waals surface area contributed by atoms with Crippen LogP contribution >= 0.6 is 0 Å². The van der Waals surface area contributed by atoms with Gasteiger partial charge in [0.25, 0.3) is 0 Å². The number of hydrogen-bond donors (Lipinski definition) is 12. The Bertz CT molecular complexity index is 2070. The van der Waals surface area contributed by atoms with E-state index in [1.54, 1.807) is 74.5 Å². The number of hydrogen-bond acceptors (Lipinski definition) is 11. The highest BCUT2D eigenvalue weighted by atomic mass is 16.4. The summed E-state index contributed by atoms with van der Waals surface area (Å²) in [6.07, 6.45) is 0.817. The van der Waals surface area contributed by atoms with Crippen LogP contribution in [0.5, 0.6) is 0 Å². The molecule has 16 N–H and O–H groups in total. The molecule has 0 aliphatic rings. The number of carboxylic acids is 1. The first kappa shape index (κ1) is 59.0. The summed E-state index contributed by atoms with van der Waals surface area (Å²) >= 11 is 0. The maximum Gasteiger partial charge on any atom is 0.326 e. The fourth-order valence-corrected chi connectivity index (χ4v) is 7.31. The molecule has 0 unspecified atom stereocenters. The highest BCUT2D eigenvalue weighted by Gasteiger charge is 2.35. The number of unbranched alkanes of at least 4 members (excludes halogenated alkanes) is 1. The monoisotopic (exact) mass is 979 g/mol. The second-order valence-corrected chi connectivity index (χ2v) is 17.7. The Morgan fingerprint density at radius 2 is 1.00 bits per heavy atom. The Kier molecular flexibility index (Phi) is 26.2. The number of rotatable bonds is 32. The standard InChI is InChI=1S/C48H74N12O10/c1-6-29(4)40(47(69)70)60-46(68)38(27-39(50)62)59-41(63)33(20-13-14-22-49)55-44(66)36(25-31-16-9-7-10-17-31)58-45(67)37(26-32-18-11-8-12-19-32)57-42(64)34(21-15-23-53-48(51)52)56-43(65)35(24-28(2)3)54-30(5)61/h7-12,16-19,28-29,33-38,40H,6,13-15,20-27,49H2,1-5H3,(H2,50,62)(H,54,61)(H,55,66)(H,56,65)(H,57,64)(H,58,67)(H,59,63)(H,60,68)(H,69,70)(H4,51,52,53)/t29-,33-,34-,35-,36-,37-,38-,40-/m0/s1. The molecule has 0 aromatic heterocycles. The fourth-order valence-electron chi connectivity index (χ4n) is 7.31. The Hall–Kier alpha value is -7.10. The lowest BCUT2D eigenvalue weighted by molar-refractivity contribution is -0.144. The van der Waals surface area contributed by atoms with E-state index < -0.39 is 108 Å². The smallest absolute Gasteiger partial charge is 0.326 e. The summed E-state index contributed by atoms with van der Waals surface area (Å²) in [4.78, 5) is 125. The minimum absolute atomic E-state index is 0.000743. The van der Waals surface area contributed by atoms with Crippen molar-refractivity contribution >= 4 is 59.2 Å². The Labute approximate surface area is 409 Å². The zero-order chi connectivity index (χ0) is 52.3. The number of nitrogens with zero attached hydrogens (tertiary/aromatic N) is 1. The summed E-state index contributed by atoms with van der Waals surface area (Å²) in [5.74, 6) is -8.33. The van der Waals surface area contributed by atoms with E-state index in [2.05, 4.69) is 42.2 Å². The van der Waals surface area contributed by atoms with Crippen LogP contribution in [0.15, 0.2) is 65.7 Å². The van der Waals surface area contributed by atoms with Crippen LogP contribution < -0.4 is 60.2 Å². The number of aliphatic carboxylic acids is 1. The first-order valence-corrected chi connectivity index (χ1v) is 23.6. The summed E-state index contributed by atoms with van der Waals surface area (Å²) < 4.78 is 0. The van der Waals surface area contributed by atoms with E-state index >= 15 is 0 Å². The molecule has 2 aromatic rings. The quantitative estimate of drug-likeness (QED) is 0.0241. The van der Waals surface area contributed by atoms with Gasteiger partial charge in [-0.25, -0.2) is 4.79 Å². The number of carboxylic acid groups (broad SMARTS) is 1. The number of carbonyl (C=O) groups excluding carboxylic acids is 8. The molecule has 0 saturated carbocycles. The Morgan fingerprint density at radius 3 is 1.41 bits per heavy atom. The van der Waals surface area contributed by atoms with Crippen LogP contribution in [0.1, 0.15) is 97.1 Å². The molecule has 22 nitrogen and oxygen atoms in total. The molecule has 0 aliphatic heterocycles. The van der Waals surface area contributed by atoms with Crippen molar-refractivity contribution in [2.45, 2.75) is 141 Å². The van der Waals surface area contributed by atoms with Gasteiger partial charge in [-0.15, -0.1) is 0 Å². The van der Waals surface area contributed by atoms with Gasteiger partial charge in [-0.2, -0.15) is 0 Å². The normalized spacial score (nSPS) is 14.4. The van der Waals surface area contributed by atoms with Crippen molar-refractivity contribution in [2.75, 3.05) is 13.1 Å². The van der Waals surface area contributed by atoms with Gasteiger partial charge >= 0.3 is 5.97 Å². The van der Waals surface area contributed by atoms with E-state index in [-0.39, 0.29) is 63.5 Å². The van der Waals surface area contributed by atoms with E-state index in [1.165, 1.54) is 6.92 Å². The van der Waals surface area contributed by atoms with Crippen LogP contribution in [0, 0.1) is 11.8 Å². The molecule has 0 radical (unpaired) electrons. The zero-order valence-corrected chi connectivity index (χ0v) is 40.8. The molecule has 0 saturated heterocycles. The summed E-state index contributed by atoms with van der Waals surface area (Å²) in [6.45, 7) is 8.71. The van der Waals surface area contributed by atoms with Crippen molar-refractivity contribution < 1.29 is 48.3 Å². The number of primary amides is 1. The molecule has 0 heterocycles. The molecule has 0 bridgehead atoms. The van der Waals surface area contributed by atoms with Crippen LogP contribution in [-0.4, -0.2) is 120 Å². The van der Waals surface area contributed by atoms with Gasteiger partial charge in [-0.1, -0.05) is 94.8 Å². The van der Waals surface area contributed by atoms with Crippen molar-refractivity contribution in [3.8, 4) is 0 Å². The van der Waals surface area contributed by atoms with Crippen LogP contribution in [0.2, 0.25) is 0 Å². The van der Waals surface area contributed by atoms with Crippen molar-refractivity contribution in [1.29, 1.82) is 0 Å². The molecule has 0 spiro atoms. The van der Waals surface area contributed by atoms with E-state index in [4.69, 9.17) is 22.9 Å². The number of amides is 8. The number of carbonyl (C=O) groups is 9. The summed E-state index contributed by atoms with van der Waals surface area (Å²) in [7, 11) is 0. The molecule has 386 valence electrons. The van der Waals surface area contributed by atoms with Crippen LogP contribution in [-0.2, 0) is 56.0 Å². The molecule has 70 heavy (non-hydrogen) atoms. The molecule has 8 amide bonds. The summed E-state index contributed by atoms with van der Waals surface area (Å²) in [6, 6.07) is 8.13. The molecule has 2 rings (SSSR count). The van der Waals surface area contributed by atoms with Crippen LogP contribution in [0.3, 0.4) is 0 Å². The van der Waals surface area contributed by atoms with Gasteiger partial charge in [0, 0.05) is 26.3 Å². The molecule has 22 heteroatoms. The van der Waals surface area contributed by atoms with Crippen molar-refractivity contribution in [2.24, 2.45) is 39.8 Å². The van der Waals surface area contributed by atoms with Gasteiger partial charge in [-0.3, -0.25) is 43.3 Å². The minimum atomic E-state index is -1.61. The van der Waals surface area contributed by atoms with E-state index in [0.717, 1.165) is 0 Å². The predicted molar refractivity (Wildman–Crippen MR) is 263 cm³/mol. The number of guanidine groups is 1. The van der Waals surface area contributed by atoms with E-state index in [9.17, 15) is 48.3 Å². The Balaban J connectivity index is 2.57. The van der Waals surface area contributed by atoms with E-state index in [0.29, 0.717) is 30.4 Å². The van der Waals surface area contributed by atoms with Gasteiger partial charge < -0.3 is 65.3 Å². The minimum Gasteiger partial charge on any atom is -0.480 e. The average Bonchev–Trinajstić information content (AvgIpc) is 3.30. The lowest BCUT2D eigenvalue weighted by Gasteiger charge is -2.28. The Morgan fingerprint density at radius 1 is 0.571 bits per heavy atom. The van der Waals surface area contributed by atoms with Crippen LogP contribution in [0.4, 0.5) is 0 Å². The highest BCUT2D eigenvalue weighted by Crippen LogP contribution is 2.13. The summed E-state index contributed by atoms with van der Waals surface area (Å²) in [5.41, 5.74) is 23.4. The molecule has 0 fully saturated rings. The third kappa shape index (κ3) is 22.3. The average molecular weight is 979 g/mol. The van der Waals surface area contributed by atoms with Gasteiger partial charge in [0.15, 0.2) is 5.96 Å². The maximum atomic E-state index is 14.6. The number of benzene rings is 2. The lowest BCUT2D eigenvalue weighted by Crippen LogP contribution is -2.61. The first-order valence-electron chi connectivity index (χ1n) is 23.6. The van der Waals surface area contributed by atoms with Crippen LogP contribution in [0.25, 0.3) is 0 Å². The topological polar surface area (TPSA) is 375 Å². The van der Waals surface area contributed by atoms with Crippen molar-refractivity contribution in [3.63, 3.8) is 0 Å². The van der Waals surface area contributed by atoms with Crippen molar-refractivity contribution in [1.82, 2.24) is 37.2 Å². The van der Waals surface area contributed by atoms with Gasteiger partial charge in [-0.05, 0) is 68.0 Å². The number of nitrogens with one attached hydrogen (secondary N) is 7. The number of aliphatic imine (C=N–C) groups is 1. The van der Waals surface area contributed by atoms with Gasteiger partial charge in [0.05, 0.1) is 6.42 Å². The van der Waals surface area contributed by atoms with Gasteiger partial charge in [0.2, 0.25) is 47.3 Å². The lowest BCUT2D eigenvalue weighted by atomic mass is 9.98. The SMILES string of the molecule is CC[C@H](C)[C@H](NC(=O)[C@H](CC(N)=O)NC(=O)[C@H](CCCCN)NC(=O)[C@H](Cc1ccccc1)NC(=O)[C@H](Cc1ccccc1)NC(=O)[C@H](CCCN=C(N)N)NC(=O)[C@H](CC(C)C)NC(C)=O)C(=O)O. The zero-order valence-electron chi connectivity index (χ0n) is 40.8. The maximum absolute atomic E-state index is 14.6. The van der Waals surface area contributed by atoms with Crippen molar-refractivity contribution in [3.05, 3.63) is 71.8 Å².